The molecule has 1 aromatic carbocycles. The minimum Gasteiger partial charge on any atom is -0.236 e. The highest BCUT2D eigenvalue weighted by Gasteiger charge is 1.78. The van der Waals surface area contributed by atoms with Crippen LogP contribution in [-0.2, 0) is 0 Å². The molecule has 0 unspecified atom stereocenters. The zero-order chi connectivity index (χ0) is 5.98. The molecule has 0 radical (unpaired) electrons. The van der Waals surface area contributed by atoms with E-state index < -0.39 is 11.6 Å². The lowest BCUT2D eigenvalue weighted by Crippen LogP contribution is -1.74. The van der Waals surface area contributed by atoms with Crippen LogP contribution in [0.25, 0.3) is 0 Å². The molecule has 0 nitrogen and oxygen atoms in total. The fourth-order valence-electron chi connectivity index (χ4n) is 0.412. The van der Waals surface area contributed by atoms with Crippen molar-refractivity contribution in [1.82, 2.24) is 0 Å². The summed E-state index contributed by atoms with van der Waals surface area (Å²) in [5.74, 6) is -1.23. The predicted octanol–water partition coefficient (Wildman–Crippen LogP) is 1.76. The first-order chi connectivity index (χ1) is 3.79. The summed E-state index contributed by atoms with van der Waals surface area (Å²) in [6.07, 6.45) is 0. The van der Waals surface area contributed by atoms with E-state index in [0.717, 1.165) is 12.1 Å². The molecule has 0 aliphatic heterocycles. The molecule has 8 heavy (non-hydrogen) atoms. The van der Waals surface area contributed by atoms with Crippen molar-refractivity contribution < 1.29 is 8.78 Å². The molecule has 0 heterocycles. The van der Waals surface area contributed by atoms with Crippen LogP contribution in [0.1, 0.15) is 0 Å². The van der Waals surface area contributed by atoms with E-state index in [2.05, 4.69) is 6.07 Å². The molecule has 0 atom stereocenters. The third kappa shape index (κ3) is 1.03. The summed E-state index contributed by atoms with van der Waals surface area (Å²) >= 11 is 0. The van der Waals surface area contributed by atoms with Gasteiger partial charge in [-0.3, -0.25) is 0 Å². The summed E-state index contributed by atoms with van der Waals surface area (Å²) in [6, 6.07) is 5.28. The SMILES string of the molecule is Fc1[c-]ccc(F)c1. The zero-order valence-electron chi connectivity index (χ0n) is 3.99. The third-order valence-electron chi connectivity index (χ3n) is 0.728. The van der Waals surface area contributed by atoms with Crippen LogP contribution in [0.15, 0.2) is 18.2 Å². The zero-order valence-corrected chi connectivity index (χ0v) is 3.99. The lowest BCUT2D eigenvalue weighted by atomic mass is 10.3. The van der Waals surface area contributed by atoms with E-state index in [0.29, 0.717) is 0 Å². The molecule has 0 saturated heterocycles. The summed E-state index contributed by atoms with van der Waals surface area (Å²) in [4.78, 5) is 0. The molecule has 2 heteroatoms. The highest BCUT2D eigenvalue weighted by Crippen LogP contribution is 1.98. The maximum Gasteiger partial charge on any atom is 0.0178 e. The van der Waals surface area contributed by atoms with Crippen molar-refractivity contribution in [3.8, 4) is 0 Å². The lowest BCUT2D eigenvalue weighted by Gasteiger charge is -1.94. The molecule has 0 bridgehead atoms. The largest absolute Gasteiger partial charge is 0.236 e. The van der Waals surface area contributed by atoms with Crippen LogP contribution in [0.4, 0.5) is 8.78 Å². The minimum atomic E-state index is -0.662. The summed E-state index contributed by atoms with van der Waals surface area (Å²) < 4.78 is 23.8. The Morgan fingerprint density at radius 1 is 1.38 bits per heavy atom. The maximum absolute atomic E-state index is 11.9. The number of benzene rings is 1. The summed E-state index contributed by atoms with van der Waals surface area (Å²) in [6.45, 7) is 0. The standard InChI is InChI=1S/C6H3F2/c7-5-2-1-3-6(8)4-5/h1-2,4H/q-1. The Labute approximate surface area is 45.8 Å². The van der Waals surface area contributed by atoms with E-state index in [-0.39, 0.29) is 0 Å². The third-order valence-corrected chi connectivity index (χ3v) is 0.728. The van der Waals surface area contributed by atoms with Gasteiger partial charge in [-0.25, -0.2) is 8.78 Å². The molecule has 0 amide bonds. The molecule has 0 fully saturated rings. The van der Waals surface area contributed by atoms with Crippen molar-refractivity contribution in [2.45, 2.75) is 0 Å². The van der Waals surface area contributed by atoms with Gasteiger partial charge in [0, 0.05) is 11.6 Å². The van der Waals surface area contributed by atoms with Crippen LogP contribution in [0.5, 0.6) is 0 Å². The van der Waals surface area contributed by atoms with Crippen molar-refractivity contribution in [3.05, 3.63) is 35.9 Å². The first-order valence-corrected chi connectivity index (χ1v) is 2.12. The minimum absolute atomic E-state index is 0.568. The van der Waals surface area contributed by atoms with Crippen LogP contribution in [0.2, 0.25) is 0 Å². The normalized spacial score (nSPS) is 9.25. The van der Waals surface area contributed by atoms with E-state index in [4.69, 9.17) is 0 Å². The van der Waals surface area contributed by atoms with Crippen molar-refractivity contribution in [1.29, 1.82) is 0 Å². The van der Waals surface area contributed by atoms with Gasteiger partial charge in [0.15, 0.2) is 0 Å². The number of halogens is 2. The molecular weight excluding hydrogens is 110 g/mol. The van der Waals surface area contributed by atoms with Crippen molar-refractivity contribution in [2.75, 3.05) is 0 Å². The molecule has 0 aromatic heterocycles. The molecule has 0 spiro atoms. The lowest BCUT2D eigenvalue weighted by molar-refractivity contribution is 0.582. The molecular formula is C6H3F2-. The Balaban J connectivity index is 3.08. The molecule has 42 valence electrons. The topological polar surface area (TPSA) is 0 Å². The van der Waals surface area contributed by atoms with E-state index in [9.17, 15) is 8.78 Å². The van der Waals surface area contributed by atoms with Gasteiger partial charge in [-0.15, -0.1) is 18.2 Å². The fraction of sp³-hybridized carbons (Fsp3) is 0. The Morgan fingerprint density at radius 2 is 2.12 bits per heavy atom. The Bertz CT molecular complexity index is 166. The second kappa shape index (κ2) is 1.90. The van der Waals surface area contributed by atoms with Crippen LogP contribution in [0.3, 0.4) is 0 Å². The molecule has 0 saturated carbocycles. The van der Waals surface area contributed by atoms with Gasteiger partial charge in [0.05, 0.1) is 0 Å². The second-order valence-corrected chi connectivity index (χ2v) is 1.35. The Morgan fingerprint density at radius 3 is 2.50 bits per heavy atom. The van der Waals surface area contributed by atoms with Crippen molar-refractivity contribution in [3.63, 3.8) is 0 Å². The second-order valence-electron chi connectivity index (χ2n) is 1.35. The quantitative estimate of drug-likeness (QED) is 0.450. The van der Waals surface area contributed by atoms with Gasteiger partial charge in [-0.2, -0.15) is 6.07 Å². The van der Waals surface area contributed by atoms with Gasteiger partial charge in [0.2, 0.25) is 0 Å². The van der Waals surface area contributed by atoms with Crippen LogP contribution >= 0.6 is 0 Å². The van der Waals surface area contributed by atoms with Crippen molar-refractivity contribution >= 4 is 0 Å². The van der Waals surface area contributed by atoms with E-state index in [1.807, 2.05) is 0 Å². The number of hydrogen-bond donors (Lipinski definition) is 0. The van der Waals surface area contributed by atoms with Crippen LogP contribution in [0, 0.1) is 17.7 Å². The van der Waals surface area contributed by atoms with Gasteiger partial charge in [0.1, 0.15) is 0 Å². The monoisotopic (exact) mass is 113 g/mol. The van der Waals surface area contributed by atoms with Gasteiger partial charge in [-0.05, 0) is 0 Å². The molecule has 0 aliphatic rings. The van der Waals surface area contributed by atoms with Crippen molar-refractivity contribution in [2.24, 2.45) is 0 Å². The Hall–Kier alpha value is -0.920. The summed E-state index contributed by atoms with van der Waals surface area (Å²) in [7, 11) is 0. The van der Waals surface area contributed by atoms with Gasteiger partial charge in [-0.1, -0.05) is 0 Å². The summed E-state index contributed by atoms with van der Waals surface area (Å²) in [5.41, 5.74) is 0. The van der Waals surface area contributed by atoms with Gasteiger partial charge < -0.3 is 0 Å². The average Bonchev–Trinajstić information content (AvgIpc) is 1.64. The van der Waals surface area contributed by atoms with Gasteiger partial charge in [0.25, 0.3) is 0 Å². The van der Waals surface area contributed by atoms with E-state index >= 15 is 0 Å². The van der Waals surface area contributed by atoms with Gasteiger partial charge >= 0.3 is 0 Å². The fourth-order valence-corrected chi connectivity index (χ4v) is 0.412. The van der Waals surface area contributed by atoms with E-state index in [1.165, 1.54) is 6.07 Å². The van der Waals surface area contributed by atoms with Crippen LogP contribution in [-0.4, -0.2) is 0 Å². The van der Waals surface area contributed by atoms with E-state index in [1.54, 1.807) is 0 Å². The number of rotatable bonds is 0. The smallest absolute Gasteiger partial charge is 0.0178 e. The molecule has 0 N–H and O–H groups in total. The Kier molecular flexibility index (Phi) is 1.24. The first kappa shape index (κ1) is 5.22. The first-order valence-electron chi connectivity index (χ1n) is 2.12. The molecule has 1 rings (SSSR count). The van der Waals surface area contributed by atoms with Crippen LogP contribution < -0.4 is 0 Å². The predicted molar refractivity (Wildman–Crippen MR) is 25.2 cm³/mol. The molecule has 0 aliphatic carbocycles. The highest BCUT2D eigenvalue weighted by atomic mass is 19.1. The molecule has 1 aromatic rings. The summed E-state index contributed by atoms with van der Waals surface area (Å²) in [5, 5.41) is 0. The average molecular weight is 113 g/mol. The highest BCUT2D eigenvalue weighted by molar-refractivity contribution is 5.03. The number of hydrogen-bond acceptors (Lipinski definition) is 0. The maximum atomic E-state index is 11.9.